The van der Waals surface area contributed by atoms with Crippen LogP contribution in [0.1, 0.15) is 39.6 Å². The number of nitrogens with one attached hydrogen (secondary N) is 2. The Labute approximate surface area is 213 Å². The van der Waals surface area contributed by atoms with E-state index in [1.54, 1.807) is 42.5 Å². The van der Waals surface area contributed by atoms with Crippen LogP contribution in [0.5, 0.6) is 0 Å². The van der Waals surface area contributed by atoms with E-state index >= 15 is 0 Å². The summed E-state index contributed by atoms with van der Waals surface area (Å²) in [6, 6.07) is 18.5. The standard InChI is InChI=1S/C27H26ClN3O5/c1-16-12-17(2)14-21(13-16)30-26(34)24(18-6-4-3-5-7-18)36-27(35)22(15-23(29)32)31-25(33)19-8-10-20(28)11-9-19/h3-14,22,24H,15H2,1-2H3,(H2,29,32)(H,30,34)(H,31,33)/t22-,24-/m1/s1. The van der Waals surface area contributed by atoms with Crippen molar-refractivity contribution in [3.8, 4) is 0 Å². The van der Waals surface area contributed by atoms with Crippen LogP contribution in [0.15, 0.2) is 72.8 Å². The quantitative estimate of drug-likeness (QED) is 0.379. The number of rotatable bonds is 9. The molecular weight excluding hydrogens is 482 g/mol. The van der Waals surface area contributed by atoms with Crippen LogP contribution in [0, 0.1) is 13.8 Å². The number of benzene rings is 3. The van der Waals surface area contributed by atoms with Crippen molar-refractivity contribution in [2.75, 3.05) is 5.32 Å². The topological polar surface area (TPSA) is 128 Å². The Morgan fingerprint density at radius 1 is 0.917 bits per heavy atom. The Morgan fingerprint density at radius 2 is 1.53 bits per heavy atom. The predicted molar refractivity (Wildman–Crippen MR) is 136 cm³/mol. The summed E-state index contributed by atoms with van der Waals surface area (Å²) in [5.74, 6) is -3.04. The summed E-state index contributed by atoms with van der Waals surface area (Å²) in [5.41, 5.74) is 8.37. The molecule has 0 aliphatic carbocycles. The van der Waals surface area contributed by atoms with E-state index in [9.17, 15) is 19.2 Å². The predicted octanol–water partition coefficient (Wildman–Crippen LogP) is 3.85. The Balaban J connectivity index is 1.83. The molecule has 2 atom stereocenters. The maximum Gasteiger partial charge on any atom is 0.330 e. The zero-order valence-corrected chi connectivity index (χ0v) is 20.5. The zero-order chi connectivity index (χ0) is 26.2. The highest BCUT2D eigenvalue weighted by Crippen LogP contribution is 2.22. The van der Waals surface area contributed by atoms with Crippen LogP contribution in [-0.4, -0.2) is 29.7 Å². The number of amides is 3. The van der Waals surface area contributed by atoms with Crippen molar-refractivity contribution in [2.24, 2.45) is 5.73 Å². The maximum atomic E-state index is 13.2. The molecule has 0 bridgehead atoms. The Morgan fingerprint density at radius 3 is 2.11 bits per heavy atom. The first-order chi connectivity index (χ1) is 17.1. The largest absolute Gasteiger partial charge is 0.446 e. The Bertz CT molecular complexity index is 1240. The van der Waals surface area contributed by atoms with Gasteiger partial charge in [0.05, 0.1) is 6.42 Å². The third kappa shape index (κ3) is 7.41. The van der Waals surface area contributed by atoms with Crippen molar-refractivity contribution in [3.63, 3.8) is 0 Å². The molecule has 186 valence electrons. The Kier molecular flexibility index (Phi) is 8.81. The number of anilines is 1. The molecule has 0 radical (unpaired) electrons. The second-order valence-corrected chi connectivity index (χ2v) is 8.73. The van der Waals surface area contributed by atoms with Crippen molar-refractivity contribution >= 4 is 41.0 Å². The van der Waals surface area contributed by atoms with E-state index in [4.69, 9.17) is 22.1 Å². The zero-order valence-electron chi connectivity index (χ0n) is 19.8. The van der Waals surface area contributed by atoms with E-state index in [0.717, 1.165) is 11.1 Å². The van der Waals surface area contributed by atoms with Crippen molar-refractivity contribution in [2.45, 2.75) is 32.4 Å². The van der Waals surface area contributed by atoms with Gasteiger partial charge in [0.25, 0.3) is 11.8 Å². The van der Waals surface area contributed by atoms with Crippen LogP contribution in [-0.2, 0) is 19.1 Å². The van der Waals surface area contributed by atoms with Crippen molar-refractivity contribution in [1.29, 1.82) is 0 Å². The number of hydrogen-bond donors (Lipinski definition) is 3. The first-order valence-electron chi connectivity index (χ1n) is 11.1. The lowest BCUT2D eigenvalue weighted by atomic mass is 10.1. The number of carbonyl (C=O) groups excluding carboxylic acids is 4. The van der Waals surface area contributed by atoms with Crippen LogP contribution in [0.3, 0.4) is 0 Å². The van der Waals surface area contributed by atoms with Gasteiger partial charge in [0, 0.05) is 21.8 Å². The van der Waals surface area contributed by atoms with Crippen LogP contribution in [0.25, 0.3) is 0 Å². The highest BCUT2D eigenvalue weighted by Gasteiger charge is 2.31. The third-order valence-electron chi connectivity index (χ3n) is 5.17. The minimum atomic E-state index is -1.41. The number of carbonyl (C=O) groups is 4. The van der Waals surface area contributed by atoms with Gasteiger partial charge in [0.15, 0.2) is 0 Å². The molecule has 3 aromatic carbocycles. The fourth-order valence-corrected chi connectivity index (χ4v) is 3.72. The fraction of sp³-hybridized carbons (Fsp3) is 0.185. The molecule has 0 heterocycles. The van der Waals surface area contributed by atoms with Gasteiger partial charge in [-0.15, -0.1) is 0 Å². The number of hydrogen-bond acceptors (Lipinski definition) is 5. The van der Waals surface area contributed by atoms with Gasteiger partial charge in [0.2, 0.25) is 12.0 Å². The Hall–Kier alpha value is -4.17. The molecule has 0 saturated carbocycles. The summed E-state index contributed by atoms with van der Waals surface area (Å²) in [5, 5.41) is 5.66. The first kappa shape index (κ1) is 26.4. The summed E-state index contributed by atoms with van der Waals surface area (Å²) in [4.78, 5) is 50.6. The average molecular weight is 508 g/mol. The van der Waals surface area contributed by atoms with Crippen molar-refractivity contribution in [3.05, 3.63) is 100 Å². The minimum absolute atomic E-state index is 0.217. The van der Waals surface area contributed by atoms with Crippen LogP contribution >= 0.6 is 11.6 Å². The van der Waals surface area contributed by atoms with Gasteiger partial charge in [-0.3, -0.25) is 14.4 Å². The average Bonchev–Trinajstić information content (AvgIpc) is 2.81. The monoisotopic (exact) mass is 507 g/mol. The highest BCUT2D eigenvalue weighted by atomic mass is 35.5. The number of nitrogens with two attached hydrogens (primary N) is 1. The maximum absolute atomic E-state index is 13.2. The minimum Gasteiger partial charge on any atom is -0.446 e. The van der Waals surface area contributed by atoms with Gasteiger partial charge < -0.3 is 21.1 Å². The smallest absolute Gasteiger partial charge is 0.330 e. The molecule has 0 aliphatic rings. The third-order valence-corrected chi connectivity index (χ3v) is 5.42. The van der Waals surface area contributed by atoms with Crippen molar-refractivity contribution in [1.82, 2.24) is 5.32 Å². The number of esters is 1. The normalized spacial score (nSPS) is 12.2. The molecular formula is C27H26ClN3O5. The van der Waals surface area contributed by atoms with Crippen molar-refractivity contribution < 1.29 is 23.9 Å². The lowest BCUT2D eigenvalue weighted by molar-refractivity contribution is -0.157. The van der Waals surface area contributed by atoms with E-state index < -0.39 is 42.3 Å². The summed E-state index contributed by atoms with van der Waals surface area (Å²) in [7, 11) is 0. The van der Waals surface area contributed by atoms with E-state index in [1.807, 2.05) is 19.9 Å². The second kappa shape index (κ2) is 12.0. The molecule has 9 heteroatoms. The molecule has 0 saturated heterocycles. The summed E-state index contributed by atoms with van der Waals surface area (Å²) < 4.78 is 5.56. The van der Waals surface area contributed by atoms with Gasteiger partial charge in [0.1, 0.15) is 6.04 Å². The van der Waals surface area contributed by atoms with E-state index in [-0.39, 0.29) is 5.56 Å². The molecule has 0 spiro atoms. The molecule has 0 fully saturated rings. The first-order valence-corrected chi connectivity index (χ1v) is 11.5. The molecule has 4 N–H and O–H groups in total. The lowest BCUT2D eigenvalue weighted by Gasteiger charge is -2.22. The number of primary amides is 1. The molecule has 36 heavy (non-hydrogen) atoms. The second-order valence-electron chi connectivity index (χ2n) is 8.30. The fourth-order valence-electron chi connectivity index (χ4n) is 3.59. The summed E-state index contributed by atoms with van der Waals surface area (Å²) >= 11 is 5.86. The lowest BCUT2D eigenvalue weighted by Crippen LogP contribution is -2.45. The van der Waals surface area contributed by atoms with Crippen LogP contribution in [0.2, 0.25) is 5.02 Å². The number of ether oxygens (including phenoxy) is 1. The molecule has 0 aliphatic heterocycles. The van der Waals surface area contributed by atoms with Gasteiger partial charge in [-0.1, -0.05) is 48.0 Å². The SMILES string of the molecule is Cc1cc(C)cc(NC(=O)[C@H](OC(=O)[C@@H](CC(N)=O)NC(=O)c2ccc(Cl)cc2)c2ccccc2)c1. The number of aryl methyl sites for hydroxylation is 2. The van der Waals surface area contributed by atoms with Crippen LogP contribution < -0.4 is 16.4 Å². The molecule has 3 amide bonds. The van der Waals surface area contributed by atoms with Gasteiger partial charge in [-0.05, 0) is 61.4 Å². The van der Waals surface area contributed by atoms with E-state index in [2.05, 4.69) is 10.6 Å². The molecule has 3 aromatic rings. The molecule has 0 aromatic heterocycles. The molecule has 0 unspecified atom stereocenters. The van der Waals surface area contributed by atoms with Gasteiger partial charge >= 0.3 is 5.97 Å². The van der Waals surface area contributed by atoms with E-state index in [1.165, 1.54) is 24.3 Å². The summed E-state index contributed by atoms with van der Waals surface area (Å²) in [6.07, 6.45) is -1.86. The molecule has 3 rings (SSSR count). The highest BCUT2D eigenvalue weighted by molar-refractivity contribution is 6.30. The van der Waals surface area contributed by atoms with Crippen LogP contribution in [0.4, 0.5) is 5.69 Å². The van der Waals surface area contributed by atoms with E-state index in [0.29, 0.717) is 16.3 Å². The molecule has 8 nitrogen and oxygen atoms in total. The van der Waals surface area contributed by atoms with Gasteiger partial charge in [-0.2, -0.15) is 0 Å². The van der Waals surface area contributed by atoms with Gasteiger partial charge in [-0.25, -0.2) is 4.79 Å². The summed E-state index contributed by atoms with van der Waals surface area (Å²) in [6.45, 7) is 3.80. The number of halogens is 1.